The lowest BCUT2D eigenvalue weighted by Crippen LogP contribution is -2.45. The number of carbonyl (C=O) groups excluding carboxylic acids is 1. The molecule has 1 aliphatic rings. The summed E-state index contributed by atoms with van der Waals surface area (Å²) in [7, 11) is 0. The second-order valence-corrected chi connectivity index (χ2v) is 6.83. The summed E-state index contributed by atoms with van der Waals surface area (Å²) in [4.78, 5) is 16.1. The van der Waals surface area contributed by atoms with Gasteiger partial charge in [0.15, 0.2) is 5.96 Å². The summed E-state index contributed by atoms with van der Waals surface area (Å²) >= 11 is 0. The minimum atomic E-state index is -0.606. The van der Waals surface area contributed by atoms with E-state index in [1.54, 1.807) is 0 Å². The molecular weight excluding hydrogens is 280 g/mol. The molecule has 0 aromatic carbocycles. The lowest BCUT2D eigenvalue weighted by atomic mass is 9.79. The minimum Gasteiger partial charge on any atom is -0.381 e. The van der Waals surface area contributed by atoms with Crippen LogP contribution in [0.5, 0.6) is 0 Å². The molecule has 1 fully saturated rings. The number of nitrogens with two attached hydrogens (primary N) is 2. The van der Waals surface area contributed by atoms with E-state index in [4.69, 9.17) is 16.2 Å². The average Bonchev–Trinajstić information content (AvgIpc) is 2.45. The summed E-state index contributed by atoms with van der Waals surface area (Å²) in [5.74, 6) is 0.809. The molecule has 6 nitrogen and oxygen atoms in total. The van der Waals surface area contributed by atoms with Crippen LogP contribution < -0.4 is 16.8 Å². The van der Waals surface area contributed by atoms with Crippen molar-refractivity contribution in [2.75, 3.05) is 19.8 Å². The van der Waals surface area contributed by atoms with E-state index in [0.717, 1.165) is 12.3 Å². The average molecular weight is 312 g/mol. The van der Waals surface area contributed by atoms with Crippen LogP contribution in [-0.2, 0) is 9.53 Å². The van der Waals surface area contributed by atoms with E-state index in [9.17, 15) is 4.79 Å². The molecule has 1 atom stereocenters. The number of amides is 1. The molecule has 128 valence electrons. The number of hydrogen-bond acceptors (Lipinski definition) is 3. The van der Waals surface area contributed by atoms with Gasteiger partial charge >= 0.3 is 0 Å². The van der Waals surface area contributed by atoms with Crippen molar-refractivity contribution in [1.29, 1.82) is 0 Å². The van der Waals surface area contributed by atoms with E-state index in [2.05, 4.69) is 31.1 Å². The molecule has 0 spiro atoms. The molecule has 0 aliphatic carbocycles. The molecule has 1 aliphatic heterocycles. The second kappa shape index (κ2) is 8.98. The Bertz CT molecular complexity index is 376. The number of carbonyl (C=O) groups is 1. The highest BCUT2D eigenvalue weighted by atomic mass is 16.5. The van der Waals surface area contributed by atoms with Crippen molar-refractivity contribution < 1.29 is 9.53 Å². The molecule has 1 unspecified atom stereocenters. The molecule has 6 heteroatoms. The van der Waals surface area contributed by atoms with Crippen LogP contribution in [0.4, 0.5) is 0 Å². The van der Waals surface area contributed by atoms with E-state index in [1.165, 1.54) is 12.8 Å². The first-order valence-corrected chi connectivity index (χ1v) is 8.30. The first-order chi connectivity index (χ1) is 10.4. The maximum Gasteiger partial charge on any atom is 0.225 e. The SMILES string of the molecule is CC(C)CCCC(C)NC(N)=NCC1(C(N)=O)CCOCC1. The Morgan fingerprint density at radius 2 is 1.86 bits per heavy atom. The summed E-state index contributed by atoms with van der Waals surface area (Å²) in [5, 5.41) is 3.19. The Hall–Kier alpha value is -1.30. The van der Waals surface area contributed by atoms with Crippen molar-refractivity contribution in [3.05, 3.63) is 0 Å². The van der Waals surface area contributed by atoms with Gasteiger partial charge in [0.25, 0.3) is 0 Å². The Morgan fingerprint density at radius 1 is 1.23 bits per heavy atom. The molecule has 0 aromatic rings. The van der Waals surface area contributed by atoms with Crippen LogP contribution in [0.3, 0.4) is 0 Å². The van der Waals surface area contributed by atoms with Gasteiger partial charge in [0.05, 0.1) is 12.0 Å². The largest absolute Gasteiger partial charge is 0.381 e. The van der Waals surface area contributed by atoms with Crippen molar-refractivity contribution in [1.82, 2.24) is 5.32 Å². The van der Waals surface area contributed by atoms with Gasteiger partial charge in [-0.1, -0.05) is 26.7 Å². The van der Waals surface area contributed by atoms with Crippen molar-refractivity contribution in [2.45, 2.75) is 58.9 Å². The third-order valence-corrected chi connectivity index (χ3v) is 4.34. The van der Waals surface area contributed by atoms with Crippen LogP contribution in [-0.4, -0.2) is 37.7 Å². The zero-order chi connectivity index (χ0) is 16.6. The van der Waals surface area contributed by atoms with Crippen LogP contribution >= 0.6 is 0 Å². The first-order valence-electron chi connectivity index (χ1n) is 8.30. The fourth-order valence-corrected chi connectivity index (χ4v) is 2.68. The highest BCUT2D eigenvalue weighted by Gasteiger charge is 2.38. The van der Waals surface area contributed by atoms with Crippen LogP contribution in [0.15, 0.2) is 4.99 Å². The van der Waals surface area contributed by atoms with Crippen molar-refractivity contribution in [2.24, 2.45) is 27.8 Å². The summed E-state index contributed by atoms with van der Waals surface area (Å²) in [6.45, 7) is 8.00. The quantitative estimate of drug-likeness (QED) is 0.465. The molecule has 1 amide bonds. The number of primary amides is 1. The number of hydrogen-bond donors (Lipinski definition) is 3. The summed E-state index contributed by atoms with van der Waals surface area (Å²) in [5.41, 5.74) is 10.9. The molecule has 1 saturated heterocycles. The molecule has 0 bridgehead atoms. The van der Waals surface area contributed by atoms with Crippen LogP contribution in [0.1, 0.15) is 52.9 Å². The Morgan fingerprint density at radius 3 is 2.41 bits per heavy atom. The first kappa shape index (κ1) is 18.7. The van der Waals surface area contributed by atoms with Crippen molar-refractivity contribution in [3.63, 3.8) is 0 Å². The predicted octanol–water partition coefficient (Wildman–Crippen LogP) is 1.39. The molecule has 0 radical (unpaired) electrons. The summed E-state index contributed by atoms with van der Waals surface area (Å²) in [6.07, 6.45) is 4.67. The molecule has 1 heterocycles. The van der Waals surface area contributed by atoms with Gasteiger partial charge in [0, 0.05) is 19.3 Å². The van der Waals surface area contributed by atoms with Gasteiger partial charge in [-0.3, -0.25) is 9.79 Å². The molecule has 5 N–H and O–H groups in total. The minimum absolute atomic E-state index is 0.279. The lowest BCUT2D eigenvalue weighted by Gasteiger charge is -2.32. The van der Waals surface area contributed by atoms with Gasteiger partial charge in [-0.2, -0.15) is 0 Å². The van der Waals surface area contributed by atoms with Gasteiger partial charge in [-0.25, -0.2) is 0 Å². The molecule has 0 saturated carbocycles. The fourth-order valence-electron chi connectivity index (χ4n) is 2.68. The molecular formula is C16H32N4O2. The Labute approximate surface area is 134 Å². The summed E-state index contributed by atoms with van der Waals surface area (Å²) < 4.78 is 5.31. The van der Waals surface area contributed by atoms with E-state index >= 15 is 0 Å². The van der Waals surface area contributed by atoms with Gasteiger partial charge in [-0.15, -0.1) is 0 Å². The van der Waals surface area contributed by atoms with E-state index in [1.807, 2.05) is 0 Å². The third-order valence-electron chi connectivity index (χ3n) is 4.34. The predicted molar refractivity (Wildman–Crippen MR) is 89.5 cm³/mol. The maximum absolute atomic E-state index is 11.8. The standard InChI is InChI=1S/C16H32N4O2/c1-12(2)5-4-6-13(3)20-15(18)19-11-16(14(17)21)7-9-22-10-8-16/h12-13H,4-11H2,1-3H3,(H2,17,21)(H3,18,19,20). The number of ether oxygens (including phenoxy) is 1. The number of nitrogens with zero attached hydrogens (tertiary/aromatic N) is 1. The monoisotopic (exact) mass is 312 g/mol. The topological polar surface area (TPSA) is 103 Å². The molecule has 22 heavy (non-hydrogen) atoms. The Kier molecular flexibility index (Phi) is 7.65. The third kappa shape index (κ3) is 6.22. The number of nitrogens with one attached hydrogen (secondary N) is 1. The lowest BCUT2D eigenvalue weighted by molar-refractivity contribution is -0.132. The Balaban J connectivity index is 2.44. The van der Waals surface area contributed by atoms with E-state index < -0.39 is 5.41 Å². The normalized spacial score (nSPS) is 19.9. The van der Waals surface area contributed by atoms with Gasteiger partial charge in [-0.05, 0) is 32.1 Å². The second-order valence-electron chi connectivity index (χ2n) is 6.83. The van der Waals surface area contributed by atoms with Gasteiger partial charge in [0.2, 0.25) is 5.91 Å². The van der Waals surface area contributed by atoms with Crippen molar-refractivity contribution in [3.8, 4) is 0 Å². The maximum atomic E-state index is 11.8. The van der Waals surface area contributed by atoms with Gasteiger partial charge < -0.3 is 21.5 Å². The van der Waals surface area contributed by atoms with Gasteiger partial charge in [0.1, 0.15) is 0 Å². The highest BCUT2D eigenvalue weighted by Crippen LogP contribution is 2.30. The number of rotatable bonds is 8. The zero-order valence-electron chi connectivity index (χ0n) is 14.2. The molecule has 0 aromatic heterocycles. The number of guanidine groups is 1. The van der Waals surface area contributed by atoms with E-state index in [-0.39, 0.29) is 11.9 Å². The summed E-state index contributed by atoms with van der Waals surface area (Å²) in [6, 6.07) is 0.279. The zero-order valence-corrected chi connectivity index (χ0v) is 14.2. The van der Waals surface area contributed by atoms with Crippen LogP contribution in [0.2, 0.25) is 0 Å². The number of aliphatic imine (C=N–C) groups is 1. The molecule has 1 rings (SSSR count). The van der Waals surface area contributed by atoms with E-state index in [0.29, 0.717) is 38.6 Å². The van der Waals surface area contributed by atoms with Crippen LogP contribution in [0, 0.1) is 11.3 Å². The smallest absolute Gasteiger partial charge is 0.225 e. The van der Waals surface area contributed by atoms with Crippen molar-refractivity contribution >= 4 is 11.9 Å². The highest BCUT2D eigenvalue weighted by molar-refractivity contribution is 5.82. The van der Waals surface area contributed by atoms with Crippen LogP contribution in [0.25, 0.3) is 0 Å². The fraction of sp³-hybridized carbons (Fsp3) is 0.875.